The predicted molar refractivity (Wildman–Crippen MR) is 57.9 cm³/mol. The topological polar surface area (TPSA) is 63.6 Å². The van der Waals surface area contributed by atoms with Crippen LogP contribution in [0.1, 0.15) is 32.5 Å². The highest BCUT2D eigenvalue weighted by Gasteiger charge is 2.10. The van der Waals surface area contributed by atoms with Crippen molar-refractivity contribution >= 4 is 11.0 Å². The number of aromatic amines is 1. The van der Waals surface area contributed by atoms with E-state index in [4.69, 9.17) is 0 Å². The lowest BCUT2D eigenvalue weighted by atomic mass is 10.2. The SMILES string of the molecule is CCn1ncc2c(=O)[nH]c(C(C)C)nc21. The van der Waals surface area contributed by atoms with Gasteiger partial charge in [-0.3, -0.25) is 4.79 Å². The molecule has 2 heterocycles. The molecule has 0 atom stereocenters. The molecule has 2 aromatic rings. The average Bonchev–Trinajstić information content (AvgIpc) is 2.60. The van der Waals surface area contributed by atoms with Crippen molar-refractivity contribution in [1.29, 1.82) is 0 Å². The third-order valence-electron chi connectivity index (χ3n) is 2.37. The zero-order valence-corrected chi connectivity index (χ0v) is 9.11. The molecule has 0 aliphatic carbocycles. The Morgan fingerprint density at radius 3 is 2.87 bits per heavy atom. The van der Waals surface area contributed by atoms with Crippen molar-refractivity contribution in [3.05, 3.63) is 22.4 Å². The molecule has 0 amide bonds. The van der Waals surface area contributed by atoms with Crippen LogP contribution in [0, 0.1) is 0 Å². The molecule has 0 saturated carbocycles. The molecule has 0 saturated heterocycles. The van der Waals surface area contributed by atoms with Gasteiger partial charge in [-0.25, -0.2) is 9.67 Å². The smallest absolute Gasteiger partial charge is 0.262 e. The third kappa shape index (κ3) is 1.54. The van der Waals surface area contributed by atoms with Gasteiger partial charge in [-0.2, -0.15) is 5.10 Å². The fourth-order valence-electron chi connectivity index (χ4n) is 1.49. The van der Waals surface area contributed by atoms with Crippen molar-refractivity contribution in [2.45, 2.75) is 33.2 Å². The first-order valence-electron chi connectivity index (χ1n) is 5.09. The molecule has 80 valence electrons. The van der Waals surface area contributed by atoms with Crippen molar-refractivity contribution in [2.75, 3.05) is 0 Å². The molecular formula is C10H14N4O. The minimum atomic E-state index is -0.108. The number of hydrogen-bond donors (Lipinski definition) is 1. The van der Waals surface area contributed by atoms with Gasteiger partial charge in [0.15, 0.2) is 5.65 Å². The van der Waals surface area contributed by atoms with E-state index in [0.717, 1.165) is 6.54 Å². The van der Waals surface area contributed by atoms with E-state index in [1.807, 2.05) is 20.8 Å². The molecule has 2 rings (SSSR count). The highest BCUT2D eigenvalue weighted by molar-refractivity contribution is 5.73. The van der Waals surface area contributed by atoms with Crippen LogP contribution in [0.3, 0.4) is 0 Å². The Bertz CT molecular complexity index is 538. The van der Waals surface area contributed by atoms with E-state index in [1.165, 1.54) is 0 Å². The highest BCUT2D eigenvalue weighted by Crippen LogP contribution is 2.11. The maximum Gasteiger partial charge on any atom is 0.262 e. The normalized spacial score (nSPS) is 11.5. The quantitative estimate of drug-likeness (QED) is 0.804. The van der Waals surface area contributed by atoms with Crippen LogP contribution in [0.5, 0.6) is 0 Å². The Kier molecular flexibility index (Phi) is 2.30. The number of nitrogens with one attached hydrogen (secondary N) is 1. The van der Waals surface area contributed by atoms with Crippen molar-refractivity contribution in [2.24, 2.45) is 0 Å². The minimum absolute atomic E-state index is 0.108. The minimum Gasteiger partial charge on any atom is -0.310 e. The molecule has 1 N–H and O–H groups in total. The molecule has 15 heavy (non-hydrogen) atoms. The molecule has 0 aromatic carbocycles. The van der Waals surface area contributed by atoms with Crippen LogP contribution in [-0.2, 0) is 6.54 Å². The molecule has 0 aliphatic rings. The van der Waals surface area contributed by atoms with Crippen LogP contribution >= 0.6 is 0 Å². The van der Waals surface area contributed by atoms with E-state index >= 15 is 0 Å². The van der Waals surface area contributed by atoms with Crippen molar-refractivity contribution in [1.82, 2.24) is 19.7 Å². The van der Waals surface area contributed by atoms with E-state index in [0.29, 0.717) is 16.9 Å². The van der Waals surface area contributed by atoms with Gasteiger partial charge in [-0.1, -0.05) is 13.8 Å². The van der Waals surface area contributed by atoms with Crippen LogP contribution in [0.4, 0.5) is 0 Å². The van der Waals surface area contributed by atoms with Gasteiger partial charge in [-0.05, 0) is 6.92 Å². The molecule has 0 aliphatic heterocycles. The molecule has 0 bridgehead atoms. The number of fused-ring (bicyclic) bond motifs is 1. The Hall–Kier alpha value is -1.65. The predicted octanol–water partition coefficient (Wildman–Crippen LogP) is 1.26. The van der Waals surface area contributed by atoms with E-state index in [1.54, 1.807) is 10.9 Å². The summed E-state index contributed by atoms with van der Waals surface area (Å²) in [5, 5.41) is 4.67. The molecule has 5 heteroatoms. The van der Waals surface area contributed by atoms with Gasteiger partial charge in [0.25, 0.3) is 5.56 Å². The number of rotatable bonds is 2. The third-order valence-corrected chi connectivity index (χ3v) is 2.37. The molecule has 0 spiro atoms. The Balaban J connectivity index is 2.77. The van der Waals surface area contributed by atoms with E-state index in [9.17, 15) is 4.79 Å². The summed E-state index contributed by atoms with van der Waals surface area (Å²) in [6, 6.07) is 0. The lowest BCUT2D eigenvalue weighted by Crippen LogP contribution is -2.13. The second kappa shape index (κ2) is 3.49. The highest BCUT2D eigenvalue weighted by atomic mass is 16.1. The largest absolute Gasteiger partial charge is 0.310 e. The fourth-order valence-corrected chi connectivity index (χ4v) is 1.49. The second-order valence-corrected chi connectivity index (χ2v) is 3.80. The van der Waals surface area contributed by atoms with Crippen molar-refractivity contribution in [3.8, 4) is 0 Å². The van der Waals surface area contributed by atoms with Crippen molar-refractivity contribution in [3.63, 3.8) is 0 Å². The van der Waals surface area contributed by atoms with E-state index in [2.05, 4.69) is 15.1 Å². The summed E-state index contributed by atoms with van der Waals surface area (Å²) >= 11 is 0. The summed E-state index contributed by atoms with van der Waals surface area (Å²) < 4.78 is 1.73. The van der Waals surface area contributed by atoms with Gasteiger partial charge in [0, 0.05) is 12.5 Å². The van der Waals surface area contributed by atoms with Crippen LogP contribution in [-0.4, -0.2) is 19.7 Å². The summed E-state index contributed by atoms with van der Waals surface area (Å²) in [4.78, 5) is 18.9. The monoisotopic (exact) mass is 206 g/mol. The van der Waals surface area contributed by atoms with Gasteiger partial charge in [0.2, 0.25) is 0 Å². The maximum absolute atomic E-state index is 11.7. The number of aromatic nitrogens is 4. The maximum atomic E-state index is 11.7. The summed E-state index contributed by atoms with van der Waals surface area (Å²) in [5.41, 5.74) is 0.563. The summed E-state index contributed by atoms with van der Waals surface area (Å²) in [6.07, 6.45) is 1.56. The summed E-state index contributed by atoms with van der Waals surface area (Å²) in [5.74, 6) is 0.921. The van der Waals surface area contributed by atoms with Crippen LogP contribution in [0.2, 0.25) is 0 Å². The standard InChI is InChI=1S/C10H14N4O/c1-4-14-9-7(5-11-14)10(15)13-8(12-9)6(2)3/h5-6H,4H2,1-3H3,(H,12,13,15). The first-order chi connectivity index (χ1) is 7.13. The molecular weight excluding hydrogens is 192 g/mol. The number of hydrogen-bond acceptors (Lipinski definition) is 3. The van der Waals surface area contributed by atoms with E-state index in [-0.39, 0.29) is 11.5 Å². The first kappa shape index (κ1) is 9.89. The fraction of sp³-hybridized carbons (Fsp3) is 0.500. The molecule has 0 unspecified atom stereocenters. The number of nitrogens with zero attached hydrogens (tertiary/aromatic N) is 3. The van der Waals surface area contributed by atoms with Crippen LogP contribution in [0.25, 0.3) is 11.0 Å². The van der Waals surface area contributed by atoms with Gasteiger partial charge < -0.3 is 4.98 Å². The molecule has 2 aromatic heterocycles. The van der Waals surface area contributed by atoms with Crippen LogP contribution < -0.4 is 5.56 Å². The van der Waals surface area contributed by atoms with Gasteiger partial charge >= 0.3 is 0 Å². The summed E-state index contributed by atoms with van der Waals surface area (Å²) in [7, 11) is 0. The van der Waals surface area contributed by atoms with Gasteiger partial charge in [0.1, 0.15) is 11.2 Å². The van der Waals surface area contributed by atoms with E-state index < -0.39 is 0 Å². The second-order valence-electron chi connectivity index (χ2n) is 3.80. The average molecular weight is 206 g/mol. The lowest BCUT2D eigenvalue weighted by molar-refractivity contribution is 0.670. The first-order valence-corrected chi connectivity index (χ1v) is 5.09. The molecule has 5 nitrogen and oxygen atoms in total. The Morgan fingerprint density at radius 1 is 1.53 bits per heavy atom. The molecule has 0 fully saturated rings. The number of H-pyrrole nitrogens is 1. The summed E-state index contributed by atoms with van der Waals surface area (Å²) in [6.45, 7) is 6.69. The number of aryl methyl sites for hydroxylation is 1. The lowest BCUT2D eigenvalue weighted by Gasteiger charge is -2.04. The zero-order chi connectivity index (χ0) is 11.0. The Labute approximate surface area is 87.1 Å². The molecule has 0 radical (unpaired) electrons. The van der Waals surface area contributed by atoms with Crippen LogP contribution in [0.15, 0.2) is 11.0 Å². The van der Waals surface area contributed by atoms with Gasteiger partial charge in [0.05, 0.1) is 6.20 Å². The van der Waals surface area contributed by atoms with Gasteiger partial charge in [-0.15, -0.1) is 0 Å². The van der Waals surface area contributed by atoms with Crippen molar-refractivity contribution < 1.29 is 0 Å². The Morgan fingerprint density at radius 2 is 2.27 bits per heavy atom. The zero-order valence-electron chi connectivity index (χ0n) is 9.11.